The fourth-order valence-electron chi connectivity index (χ4n) is 3.07. The molecular formula is C22H37N5O4S2. The molecule has 0 bridgehead atoms. The van der Waals surface area contributed by atoms with Crippen LogP contribution in [-0.4, -0.2) is 55.9 Å². The van der Waals surface area contributed by atoms with Crippen molar-refractivity contribution in [2.75, 3.05) is 17.8 Å². The molecule has 0 saturated carbocycles. The van der Waals surface area contributed by atoms with Crippen molar-refractivity contribution in [1.82, 2.24) is 15.4 Å². The molecule has 0 aliphatic heterocycles. The van der Waals surface area contributed by atoms with E-state index in [4.69, 9.17) is 11.1 Å². The van der Waals surface area contributed by atoms with Gasteiger partial charge in [-0.2, -0.15) is 11.8 Å². The molecule has 0 heterocycles. The number of nitrogens with two attached hydrogens (primary N) is 1. The van der Waals surface area contributed by atoms with Crippen LogP contribution >= 0.6 is 11.8 Å². The predicted molar refractivity (Wildman–Crippen MR) is 135 cm³/mol. The summed E-state index contributed by atoms with van der Waals surface area (Å²) in [7, 11) is -3.60. The highest BCUT2D eigenvalue weighted by Gasteiger charge is 2.31. The number of amidine groups is 1. The van der Waals surface area contributed by atoms with Crippen molar-refractivity contribution in [3.8, 4) is 0 Å². The molecule has 1 aromatic carbocycles. The first-order valence-electron chi connectivity index (χ1n) is 11.0. The van der Waals surface area contributed by atoms with E-state index < -0.39 is 28.0 Å². The summed E-state index contributed by atoms with van der Waals surface area (Å²) in [6, 6.07) is 5.22. The number of carbonyl (C=O) groups is 2. The molecule has 3 atom stereocenters. The highest BCUT2D eigenvalue weighted by atomic mass is 32.2. The molecule has 186 valence electrons. The number of hydrogen-bond acceptors (Lipinski definition) is 6. The molecule has 1 rings (SSSR count). The zero-order valence-corrected chi connectivity index (χ0v) is 21.4. The number of benzene rings is 1. The molecule has 9 nitrogen and oxygen atoms in total. The lowest BCUT2D eigenvalue weighted by Crippen LogP contribution is -2.55. The van der Waals surface area contributed by atoms with E-state index in [1.807, 2.05) is 13.2 Å². The van der Waals surface area contributed by atoms with Crippen molar-refractivity contribution in [1.29, 1.82) is 5.41 Å². The highest BCUT2D eigenvalue weighted by molar-refractivity contribution is 7.98. The minimum absolute atomic E-state index is 0.0316. The Bertz CT molecular complexity index is 891. The third-order valence-corrected chi connectivity index (χ3v) is 7.45. The summed E-state index contributed by atoms with van der Waals surface area (Å²) in [5.41, 5.74) is 6.88. The second-order valence-corrected chi connectivity index (χ2v) is 10.8. The second-order valence-electron chi connectivity index (χ2n) is 7.97. The monoisotopic (exact) mass is 499 g/mol. The van der Waals surface area contributed by atoms with Crippen molar-refractivity contribution < 1.29 is 18.0 Å². The van der Waals surface area contributed by atoms with E-state index >= 15 is 0 Å². The number of thioether (sulfide) groups is 1. The number of hydrogen-bond donors (Lipinski definition) is 5. The first-order valence-corrected chi connectivity index (χ1v) is 14.1. The van der Waals surface area contributed by atoms with Crippen LogP contribution in [0.15, 0.2) is 24.3 Å². The van der Waals surface area contributed by atoms with Gasteiger partial charge < -0.3 is 16.4 Å². The molecule has 6 N–H and O–H groups in total. The number of amides is 2. The van der Waals surface area contributed by atoms with Crippen LogP contribution in [0.5, 0.6) is 0 Å². The van der Waals surface area contributed by atoms with Gasteiger partial charge >= 0.3 is 0 Å². The molecule has 1 aromatic rings. The average Bonchev–Trinajstić information content (AvgIpc) is 2.78. The number of rotatable bonds is 15. The average molecular weight is 500 g/mol. The summed E-state index contributed by atoms with van der Waals surface area (Å²) in [6.45, 7) is 5.70. The van der Waals surface area contributed by atoms with Crippen molar-refractivity contribution in [2.24, 2.45) is 11.7 Å². The third-order valence-electron chi connectivity index (χ3n) is 5.25. The van der Waals surface area contributed by atoms with Crippen LogP contribution in [0.2, 0.25) is 0 Å². The minimum Gasteiger partial charge on any atom is -0.384 e. The maximum absolute atomic E-state index is 13.0. The van der Waals surface area contributed by atoms with Gasteiger partial charge in [0, 0.05) is 12.1 Å². The van der Waals surface area contributed by atoms with Gasteiger partial charge in [-0.05, 0) is 36.3 Å². The van der Waals surface area contributed by atoms with Gasteiger partial charge in [0.05, 0.1) is 5.75 Å². The standard InChI is InChI=1S/C22H37N5O4S2/c1-5-13-33(30,31)27-19(15(3)6-2)22(29)26-18(11-12-32-4)21(28)25-14-16-7-9-17(10-8-16)20(23)24/h7-10,15,18-19,27H,5-6,11-14H2,1-4H3,(H3,23,24)(H,25,28)(H,26,29)/t15-,18-,19+/m0/s1. The predicted octanol–water partition coefficient (Wildman–Crippen LogP) is 1.57. The number of sulfonamides is 1. The van der Waals surface area contributed by atoms with E-state index in [0.717, 1.165) is 5.56 Å². The Balaban J connectivity index is 2.90. The Morgan fingerprint density at radius 1 is 1.15 bits per heavy atom. The summed E-state index contributed by atoms with van der Waals surface area (Å²) in [4.78, 5) is 25.9. The molecule has 0 spiro atoms. The molecule has 11 heteroatoms. The Labute approximate surface area is 201 Å². The molecule has 2 amide bonds. The molecule has 0 aliphatic rings. The van der Waals surface area contributed by atoms with E-state index in [-0.39, 0.29) is 30.0 Å². The van der Waals surface area contributed by atoms with Crippen molar-refractivity contribution in [3.05, 3.63) is 35.4 Å². The Hall–Kier alpha value is -2.11. The minimum atomic E-state index is -3.60. The van der Waals surface area contributed by atoms with Crippen LogP contribution in [0.1, 0.15) is 51.2 Å². The van der Waals surface area contributed by atoms with Crippen LogP contribution in [0.3, 0.4) is 0 Å². The first-order chi connectivity index (χ1) is 15.5. The normalized spacial score (nSPS) is 14.2. The van der Waals surface area contributed by atoms with Crippen LogP contribution in [-0.2, 0) is 26.2 Å². The van der Waals surface area contributed by atoms with E-state index in [1.165, 1.54) is 0 Å². The fourth-order valence-corrected chi connectivity index (χ4v) is 4.92. The second kappa shape index (κ2) is 14.2. The van der Waals surface area contributed by atoms with E-state index in [2.05, 4.69) is 15.4 Å². The first kappa shape index (κ1) is 28.9. The van der Waals surface area contributed by atoms with Crippen LogP contribution < -0.4 is 21.1 Å². The smallest absolute Gasteiger partial charge is 0.242 e. The lowest BCUT2D eigenvalue weighted by molar-refractivity contribution is -0.130. The Morgan fingerprint density at radius 2 is 1.79 bits per heavy atom. The van der Waals surface area contributed by atoms with Gasteiger partial charge in [-0.1, -0.05) is 51.5 Å². The van der Waals surface area contributed by atoms with Gasteiger partial charge in [0.1, 0.15) is 17.9 Å². The summed E-state index contributed by atoms with van der Waals surface area (Å²) in [5.74, 6) is -0.521. The number of nitrogen functional groups attached to an aromatic ring is 1. The molecule has 0 aliphatic carbocycles. The fraction of sp³-hybridized carbons (Fsp3) is 0.591. The SMILES string of the molecule is CCCS(=O)(=O)N[C@@H](C(=O)N[C@@H](CCSC)C(=O)NCc1ccc(C(=N)N)cc1)[C@@H](C)CC. The summed E-state index contributed by atoms with van der Waals surface area (Å²) in [6.07, 6.45) is 3.37. The summed E-state index contributed by atoms with van der Waals surface area (Å²) in [5, 5.41) is 13.0. The third kappa shape index (κ3) is 10.1. The number of carbonyl (C=O) groups excluding carboxylic acids is 2. The van der Waals surface area contributed by atoms with Crippen LogP contribution in [0, 0.1) is 11.3 Å². The van der Waals surface area contributed by atoms with E-state index in [9.17, 15) is 18.0 Å². The van der Waals surface area contributed by atoms with Gasteiger partial charge in [-0.25, -0.2) is 13.1 Å². The maximum atomic E-state index is 13.0. The summed E-state index contributed by atoms with van der Waals surface area (Å²) >= 11 is 1.55. The van der Waals surface area contributed by atoms with Gasteiger partial charge in [0.25, 0.3) is 0 Å². The molecule has 0 aromatic heterocycles. The quantitative estimate of drug-likeness (QED) is 0.182. The van der Waals surface area contributed by atoms with E-state index in [1.54, 1.807) is 49.9 Å². The Kier molecular flexibility index (Phi) is 12.5. The molecule has 0 saturated heterocycles. The Morgan fingerprint density at radius 3 is 2.30 bits per heavy atom. The zero-order valence-electron chi connectivity index (χ0n) is 19.8. The molecule has 0 fully saturated rings. The lowest BCUT2D eigenvalue weighted by Gasteiger charge is -2.26. The van der Waals surface area contributed by atoms with Gasteiger partial charge in [-0.15, -0.1) is 0 Å². The van der Waals surface area contributed by atoms with Crippen molar-refractivity contribution in [3.63, 3.8) is 0 Å². The molecule has 0 unspecified atom stereocenters. The zero-order chi connectivity index (χ0) is 25.0. The van der Waals surface area contributed by atoms with Crippen molar-refractivity contribution in [2.45, 2.75) is 58.7 Å². The maximum Gasteiger partial charge on any atom is 0.242 e. The van der Waals surface area contributed by atoms with Gasteiger partial charge in [0.2, 0.25) is 21.8 Å². The van der Waals surface area contributed by atoms with Crippen LogP contribution in [0.25, 0.3) is 0 Å². The van der Waals surface area contributed by atoms with Crippen LogP contribution in [0.4, 0.5) is 0 Å². The highest BCUT2D eigenvalue weighted by Crippen LogP contribution is 2.12. The summed E-state index contributed by atoms with van der Waals surface area (Å²) < 4.78 is 27.1. The molecular weight excluding hydrogens is 462 g/mol. The van der Waals surface area contributed by atoms with E-state index in [0.29, 0.717) is 30.6 Å². The molecule has 33 heavy (non-hydrogen) atoms. The largest absolute Gasteiger partial charge is 0.384 e. The van der Waals surface area contributed by atoms with Gasteiger partial charge in [0.15, 0.2) is 0 Å². The van der Waals surface area contributed by atoms with Gasteiger partial charge in [-0.3, -0.25) is 15.0 Å². The number of nitrogens with one attached hydrogen (secondary N) is 4. The van der Waals surface area contributed by atoms with Crippen molar-refractivity contribution >= 4 is 39.4 Å². The molecule has 0 radical (unpaired) electrons. The lowest BCUT2D eigenvalue weighted by atomic mass is 9.99. The topological polar surface area (TPSA) is 154 Å².